The van der Waals surface area contributed by atoms with Gasteiger partial charge in [0.25, 0.3) is 5.91 Å². The first-order valence-corrected chi connectivity index (χ1v) is 10.5. The van der Waals surface area contributed by atoms with E-state index in [1.807, 2.05) is 11.0 Å². The lowest BCUT2D eigenvalue weighted by Gasteiger charge is -2.21. The van der Waals surface area contributed by atoms with E-state index in [9.17, 15) is 23.9 Å². The van der Waals surface area contributed by atoms with Gasteiger partial charge in [-0.15, -0.1) is 0 Å². The maximum absolute atomic E-state index is 13.0. The standard InChI is InChI=1S/C24H21F2N5O3/c1-24(25,26)34-20-4-2-18(3-5-20)30-23(33)17-9-21(16-8-15(10-27)11-28-12-16)22(29-13-17)31-7-6-19(32)14-31/h2-5,8-9,11-13,19,32H,6-7,14H2,1H3,(H,30,33). The van der Waals surface area contributed by atoms with Crippen molar-refractivity contribution in [3.63, 3.8) is 0 Å². The average Bonchev–Trinajstić information content (AvgIpc) is 3.25. The molecule has 1 unspecified atom stereocenters. The quantitative estimate of drug-likeness (QED) is 0.569. The van der Waals surface area contributed by atoms with Gasteiger partial charge in [-0.05, 0) is 42.8 Å². The molecule has 10 heteroatoms. The molecule has 1 aromatic carbocycles. The largest absolute Gasteiger partial charge is 0.433 e. The number of hydrogen-bond acceptors (Lipinski definition) is 7. The highest BCUT2D eigenvalue weighted by atomic mass is 19.3. The molecule has 1 amide bonds. The number of nitrogens with zero attached hydrogens (tertiary/aromatic N) is 4. The molecule has 8 nitrogen and oxygen atoms in total. The van der Waals surface area contributed by atoms with E-state index in [4.69, 9.17) is 0 Å². The van der Waals surface area contributed by atoms with Gasteiger partial charge in [0.1, 0.15) is 17.6 Å². The summed E-state index contributed by atoms with van der Waals surface area (Å²) in [5.74, 6) is 0.0871. The van der Waals surface area contributed by atoms with Gasteiger partial charge < -0.3 is 20.1 Å². The second-order valence-corrected chi connectivity index (χ2v) is 7.95. The fraction of sp³-hybridized carbons (Fsp3) is 0.250. The third-order valence-corrected chi connectivity index (χ3v) is 5.18. The van der Waals surface area contributed by atoms with Crippen LogP contribution in [-0.4, -0.2) is 46.3 Å². The number of nitrogens with one attached hydrogen (secondary N) is 1. The van der Waals surface area contributed by atoms with Crippen molar-refractivity contribution >= 4 is 17.4 Å². The summed E-state index contributed by atoms with van der Waals surface area (Å²) in [6.07, 6.45) is 1.27. The van der Waals surface area contributed by atoms with Gasteiger partial charge in [0, 0.05) is 55.4 Å². The Balaban J connectivity index is 1.62. The first-order valence-electron chi connectivity index (χ1n) is 10.5. The number of rotatable bonds is 6. The molecule has 0 spiro atoms. The summed E-state index contributed by atoms with van der Waals surface area (Å²) in [6, 6.07) is 10.9. The van der Waals surface area contributed by atoms with Gasteiger partial charge in [-0.2, -0.15) is 14.0 Å². The van der Waals surface area contributed by atoms with Gasteiger partial charge in [-0.3, -0.25) is 9.78 Å². The van der Waals surface area contributed by atoms with Gasteiger partial charge in [-0.1, -0.05) is 0 Å². The number of pyridine rings is 2. The van der Waals surface area contributed by atoms with E-state index >= 15 is 0 Å². The lowest BCUT2D eigenvalue weighted by molar-refractivity contribution is -0.158. The molecule has 2 aromatic heterocycles. The van der Waals surface area contributed by atoms with Crippen LogP contribution in [0.2, 0.25) is 0 Å². The molecule has 0 saturated carbocycles. The lowest BCUT2D eigenvalue weighted by Crippen LogP contribution is -2.23. The third kappa shape index (κ3) is 5.44. The summed E-state index contributed by atoms with van der Waals surface area (Å²) in [7, 11) is 0. The van der Waals surface area contributed by atoms with E-state index in [0.29, 0.717) is 54.6 Å². The van der Waals surface area contributed by atoms with Crippen molar-refractivity contribution in [3.8, 4) is 22.9 Å². The Morgan fingerprint density at radius 3 is 2.68 bits per heavy atom. The Kier molecular flexibility index (Phi) is 6.38. The van der Waals surface area contributed by atoms with Crippen LogP contribution in [0, 0.1) is 11.3 Å². The fourth-order valence-corrected chi connectivity index (χ4v) is 3.65. The van der Waals surface area contributed by atoms with Crippen molar-refractivity contribution in [2.45, 2.75) is 25.6 Å². The number of carbonyl (C=O) groups is 1. The van der Waals surface area contributed by atoms with Crippen LogP contribution in [0.5, 0.6) is 5.75 Å². The smallest absolute Gasteiger partial charge is 0.394 e. The van der Waals surface area contributed by atoms with Crippen molar-refractivity contribution in [2.75, 3.05) is 23.3 Å². The van der Waals surface area contributed by atoms with Crippen LogP contribution in [0.1, 0.15) is 29.3 Å². The van der Waals surface area contributed by atoms with E-state index < -0.39 is 18.1 Å². The molecule has 0 radical (unpaired) electrons. The van der Waals surface area contributed by atoms with Crippen LogP contribution in [-0.2, 0) is 0 Å². The van der Waals surface area contributed by atoms with Gasteiger partial charge in [0.15, 0.2) is 0 Å². The minimum absolute atomic E-state index is 0.0310. The molecule has 4 rings (SSSR count). The van der Waals surface area contributed by atoms with Gasteiger partial charge in [0.2, 0.25) is 0 Å². The van der Waals surface area contributed by atoms with E-state index in [0.717, 1.165) is 0 Å². The second-order valence-electron chi connectivity index (χ2n) is 7.95. The van der Waals surface area contributed by atoms with Crippen LogP contribution < -0.4 is 15.0 Å². The molecule has 174 valence electrons. The number of carbonyl (C=O) groups excluding carboxylic acids is 1. The fourth-order valence-electron chi connectivity index (χ4n) is 3.65. The molecular formula is C24H21F2N5O3. The van der Waals surface area contributed by atoms with E-state index in [-0.39, 0.29) is 11.3 Å². The number of benzene rings is 1. The average molecular weight is 465 g/mol. The Morgan fingerprint density at radius 1 is 1.26 bits per heavy atom. The van der Waals surface area contributed by atoms with Crippen LogP contribution in [0.25, 0.3) is 11.1 Å². The van der Waals surface area contributed by atoms with Crippen LogP contribution in [0.3, 0.4) is 0 Å². The predicted molar refractivity (Wildman–Crippen MR) is 121 cm³/mol. The Hall–Kier alpha value is -4.10. The molecule has 3 heterocycles. The van der Waals surface area contributed by atoms with Crippen molar-refractivity contribution in [1.29, 1.82) is 5.26 Å². The van der Waals surface area contributed by atoms with E-state index in [2.05, 4.69) is 20.0 Å². The highest BCUT2D eigenvalue weighted by molar-refractivity contribution is 6.05. The predicted octanol–water partition coefficient (Wildman–Crippen LogP) is 3.83. The third-order valence-electron chi connectivity index (χ3n) is 5.18. The van der Waals surface area contributed by atoms with Crippen molar-refractivity contribution in [2.24, 2.45) is 0 Å². The number of aliphatic hydroxyl groups excluding tert-OH is 1. The molecule has 0 bridgehead atoms. The van der Waals surface area contributed by atoms with Crippen molar-refractivity contribution < 1.29 is 23.4 Å². The van der Waals surface area contributed by atoms with Crippen LogP contribution >= 0.6 is 0 Å². The zero-order valence-corrected chi connectivity index (χ0v) is 18.2. The molecular weight excluding hydrogens is 444 g/mol. The molecule has 1 fully saturated rings. The number of amides is 1. The molecule has 2 N–H and O–H groups in total. The summed E-state index contributed by atoms with van der Waals surface area (Å²) in [6.45, 7) is 1.65. The molecule has 1 atom stereocenters. The number of anilines is 2. The summed E-state index contributed by atoms with van der Waals surface area (Å²) >= 11 is 0. The second kappa shape index (κ2) is 9.41. The van der Waals surface area contributed by atoms with Gasteiger partial charge in [0.05, 0.1) is 17.2 Å². The maximum Gasteiger partial charge on any atom is 0.394 e. The zero-order chi connectivity index (χ0) is 24.3. The molecule has 1 aliphatic rings. The highest BCUT2D eigenvalue weighted by Crippen LogP contribution is 2.32. The van der Waals surface area contributed by atoms with Gasteiger partial charge >= 0.3 is 6.11 Å². The number of ether oxygens (including phenoxy) is 1. The molecule has 3 aromatic rings. The van der Waals surface area contributed by atoms with Crippen molar-refractivity contribution in [1.82, 2.24) is 9.97 Å². The number of aromatic nitrogens is 2. The van der Waals surface area contributed by atoms with E-state index in [1.54, 1.807) is 18.3 Å². The Bertz CT molecular complexity index is 1240. The first-order chi connectivity index (χ1) is 16.2. The summed E-state index contributed by atoms with van der Waals surface area (Å²) in [5.41, 5.74) is 2.21. The molecule has 1 aliphatic heterocycles. The number of aliphatic hydroxyl groups is 1. The zero-order valence-electron chi connectivity index (χ0n) is 18.2. The minimum Gasteiger partial charge on any atom is -0.433 e. The molecule has 34 heavy (non-hydrogen) atoms. The number of nitriles is 1. The van der Waals surface area contributed by atoms with Crippen LogP contribution in [0.15, 0.2) is 55.0 Å². The lowest BCUT2D eigenvalue weighted by atomic mass is 10.0. The van der Waals surface area contributed by atoms with E-state index in [1.165, 1.54) is 36.7 Å². The molecule has 1 saturated heterocycles. The number of alkyl halides is 2. The maximum atomic E-state index is 13.0. The highest BCUT2D eigenvalue weighted by Gasteiger charge is 2.25. The number of β-amino-alcohol motifs (C(OH)–C–C–N with tert-alkyl or cyclic N) is 1. The Morgan fingerprint density at radius 2 is 2.03 bits per heavy atom. The minimum atomic E-state index is -3.31. The Labute approximate surface area is 194 Å². The van der Waals surface area contributed by atoms with Crippen LogP contribution in [0.4, 0.5) is 20.3 Å². The number of halogens is 2. The van der Waals surface area contributed by atoms with Gasteiger partial charge in [-0.25, -0.2) is 4.98 Å². The summed E-state index contributed by atoms with van der Waals surface area (Å²) in [4.78, 5) is 23.4. The normalized spacial score (nSPS) is 15.6. The monoisotopic (exact) mass is 465 g/mol. The summed E-state index contributed by atoms with van der Waals surface area (Å²) < 4.78 is 30.5. The van der Waals surface area contributed by atoms with Crippen molar-refractivity contribution in [3.05, 3.63) is 66.1 Å². The summed E-state index contributed by atoms with van der Waals surface area (Å²) in [5, 5.41) is 21.9. The topological polar surface area (TPSA) is 111 Å². The number of hydrogen-bond donors (Lipinski definition) is 2. The molecule has 0 aliphatic carbocycles. The first kappa shape index (κ1) is 23.1. The SMILES string of the molecule is CC(F)(F)Oc1ccc(NC(=O)c2cnc(N3CCC(O)C3)c(-c3cncc(C#N)c3)c2)cc1.